The van der Waals surface area contributed by atoms with Gasteiger partial charge in [0, 0.05) is 6.54 Å². The quantitative estimate of drug-likeness (QED) is 0.574. The summed E-state index contributed by atoms with van der Waals surface area (Å²) in [7, 11) is 0. The van der Waals surface area contributed by atoms with Crippen LogP contribution >= 0.6 is 0 Å². The Hall–Kier alpha value is -2.10. The number of hydrogen-bond donors (Lipinski definition) is 1. The standard InChI is InChI=1S/C22H23F6NO2/c1-12-4-5-15(8-13(12)2)19-20(30-7-6-29-19)31-14(3)16-9-17(21(23,24)25)11-18(10-16)22(26,27)28/h4-5,8-11,14,19-20,29H,6-7H2,1-3H3/t14-,19+,20-/m1/s1. The largest absolute Gasteiger partial charge is 0.416 e. The number of hydrogen-bond acceptors (Lipinski definition) is 3. The molecule has 3 rings (SSSR count). The molecule has 0 saturated carbocycles. The molecule has 2 aromatic carbocycles. The first-order valence-corrected chi connectivity index (χ1v) is 9.73. The van der Waals surface area contributed by atoms with E-state index in [1.54, 1.807) is 0 Å². The summed E-state index contributed by atoms with van der Waals surface area (Å²) in [6.07, 6.45) is -11.8. The molecule has 0 aromatic heterocycles. The lowest BCUT2D eigenvalue weighted by Crippen LogP contribution is -2.43. The van der Waals surface area contributed by atoms with Gasteiger partial charge in [0.1, 0.15) is 0 Å². The van der Waals surface area contributed by atoms with E-state index >= 15 is 0 Å². The van der Waals surface area contributed by atoms with E-state index in [-0.39, 0.29) is 11.6 Å². The fourth-order valence-corrected chi connectivity index (χ4v) is 3.43. The number of ether oxygens (including phenoxy) is 2. The zero-order valence-corrected chi connectivity index (χ0v) is 17.2. The van der Waals surface area contributed by atoms with Crippen molar-refractivity contribution in [1.82, 2.24) is 5.32 Å². The van der Waals surface area contributed by atoms with Crippen molar-refractivity contribution in [3.05, 3.63) is 69.8 Å². The van der Waals surface area contributed by atoms with Gasteiger partial charge >= 0.3 is 12.4 Å². The van der Waals surface area contributed by atoms with E-state index in [4.69, 9.17) is 9.47 Å². The Kier molecular flexibility index (Phi) is 6.69. The maximum Gasteiger partial charge on any atom is 0.416 e. The molecule has 0 radical (unpaired) electrons. The molecule has 1 fully saturated rings. The van der Waals surface area contributed by atoms with E-state index in [1.165, 1.54) is 6.92 Å². The van der Waals surface area contributed by atoms with Crippen molar-refractivity contribution in [2.45, 2.75) is 51.6 Å². The second-order valence-electron chi connectivity index (χ2n) is 7.63. The Bertz CT molecular complexity index is 893. The molecule has 1 N–H and O–H groups in total. The summed E-state index contributed by atoms with van der Waals surface area (Å²) in [5, 5.41) is 3.25. The molecule has 0 unspecified atom stereocenters. The van der Waals surface area contributed by atoms with Crippen LogP contribution in [0.15, 0.2) is 36.4 Å². The van der Waals surface area contributed by atoms with Crippen molar-refractivity contribution in [2.75, 3.05) is 13.2 Å². The van der Waals surface area contributed by atoms with E-state index < -0.39 is 41.9 Å². The number of aryl methyl sites for hydroxylation is 2. The van der Waals surface area contributed by atoms with Gasteiger partial charge in [-0.05, 0) is 61.2 Å². The number of halogens is 6. The molecular formula is C22H23F6NO2. The van der Waals surface area contributed by atoms with Gasteiger partial charge in [-0.15, -0.1) is 0 Å². The first-order valence-electron chi connectivity index (χ1n) is 9.73. The normalized spacial score (nSPS) is 21.2. The Labute approximate surface area is 176 Å². The summed E-state index contributed by atoms with van der Waals surface area (Å²) < 4.78 is 90.5. The average molecular weight is 447 g/mol. The van der Waals surface area contributed by atoms with E-state index in [1.807, 2.05) is 32.0 Å². The highest BCUT2D eigenvalue weighted by Crippen LogP contribution is 2.38. The van der Waals surface area contributed by atoms with Crippen LogP contribution in [-0.4, -0.2) is 19.4 Å². The van der Waals surface area contributed by atoms with Crippen molar-refractivity contribution in [3.63, 3.8) is 0 Å². The minimum absolute atomic E-state index is 0.104. The van der Waals surface area contributed by atoms with Crippen molar-refractivity contribution < 1.29 is 35.8 Å². The van der Waals surface area contributed by atoms with Gasteiger partial charge in [-0.25, -0.2) is 0 Å². The predicted molar refractivity (Wildman–Crippen MR) is 102 cm³/mol. The monoisotopic (exact) mass is 447 g/mol. The zero-order chi connectivity index (χ0) is 23.0. The summed E-state index contributed by atoms with van der Waals surface area (Å²) in [4.78, 5) is 0. The van der Waals surface area contributed by atoms with E-state index in [0.717, 1.165) is 16.7 Å². The topological polar surface area (TPSA) is 30.5 Å². The molecule has 1 aliphatic heterocycles. The number of morpholine rings is 1. The predicted octanol–water partition coefficient (Wildman–Crippen LogP) is 6.11. The van der Waals surface area contributed by atoms with Crippen LogP contribution in [0.3, 0.4) is 0 Å². The maximum absolute atomic E-state index is 13.2. The van der Waals surface area contributed by atoms with Gasteiger partial charge in [-0.2, -0.15) is 26.3 Å². The molecule has 0 bridgehead atoms. The van der Waals surface area contributed by atoms with Gasteiger partial charge < -0.3 is 14.8 Å². The van der Waals surface area contributed by atoms with Crippen LogP contribution in [0.4, 0.5) is 26.3 Å². The second kappa shape index (κ2) is 8.80. The Morgan fingerprint density at radius 1 is 0.935 bits per heavy atom. The summed E-state index contributed by atoms with van der Waals surface area (Å²) in [5.41, 5.74) is 0.0249. The lowest BCUT2D eigenvalue weighted by atomic mass is 9.99. The van der Waals surface area contributed by atoms with Crippen LogP contribution in [0, 0.1) is 13.8 Å². The third-order valence-corrected chi connectivity index (χ3v) is 5.33. The summed E-state index contributed by atoms with van der Waals surface area (Å²) >= 11 is 0. The molecule has 1 heterocycles. The van der Waals surface area contributed by atoms with E-state index in [9.17, 15) is 26.3 Å². The second-order valence-corrected chi connectivity index (χ2v) is 7.63. The highest BCUT2D eigenvalue weighted by molar-refractivity contribution is 5.35. The molecule has 1 aliphatic rings. The van der Waals surface area contributed by atoms with Crippen molar-refractivity contribution in [2.24, 2.45) is 0 Å². The van der Waals surface area contributed by atoms with Crippen LogP contribution in [0.1, 0.15) is 52.5 Å². The minimum Gasteiger partial charge on any atom is -0.349 e. The molecular weight excluding hydrogens is 424 g/mol. The molecule has 3 atom stereocenters. The number of benzene rings is 2. The van der Waals surface area contributed by atoms with Gasteiger partial charge in [0.25, 0.3) is 0 Å². The fourth-order valence-electron chi connectivity index (χ4n) is 3.43. The Morgan fingerprint density at radius 2 is 1.55 bits per heavy atom. The maximum atomic E-state index is 13.2. The number of nitrogens with one attached hydrogen (secondary N) is 1. The van der Waals surface area contributed by atoms with Gasteiger partial charge in [0.15, 0.2) is 6.29 Å². The average Bonchev–Trinajstić information content (AvgIpc) is 2.69. The summed E-state index contributed by atoms with van der Waals surface area (Å²) in [6, 6.07) is 6.83. The number of alkyl halides is 6. The summed E-state index contributed by atoms with van der Waals surface area (Å²) in [5.74, 6) is 0. The van der Waals surface area contributed by atoms with Crippen LogP contribution in [0.5, 0.6) is 0 Å². The lowest BCUT2D eigenvalue weighted by Gasteiger charge is -2.35. The van der Waals surface area contributed by atoms with E-state index in [2.05, 4.69) is 5.32 Å². The third kappa shape index (κ3) is 5.58. The smallest absolute Gasteiger partial charge is 0.349 e. The van der Waals surface area contributed by atoms with Crippen molar-refractivity contribution >= 4 is 0 Å². The number of rotatable bonds is 4. The highest BCUT2D eigenvalue weighted by atomic mass is 19.4. The minimum atomic E-state index is -4.92. The molecule has 170 valence electrons. The molecule has 31 heavy (non-hydrogen) atoms. The van der Waals surface area contributed by atoms with Gasteiger partial charge in [-0.3, -0.25) is 0 Å². The molecule has 2 aromatic rings. The SMILES string of the molecule is Cc1ccc([C@@H]2NCCO[C@@H]2O[C@H](C)c2cc(C(F)(F)F)cc(C(F)(F)F)c2)cc1C. The summed E-state index contributed by atoms with van der Waals surface area (Å²) in [6.45, 7) is 6.15. The van der Waals surface area contributed by atoms with Crippen molar-refractivity contribution in [3.8, 4) is 0 Å². The highest BCUT2D eigenvalue weighted by Gasteiger charge is 2.38. The fraction of sp³-hybridized carbons (Fsp3) is 0.455. The lowest BCUT2D eigenvalue weighted by molar-refractivity contribution is -0.200. The van der Waals surface area contributed by atoms with Crippen LogP contribution < -0.4 is 5.32 Å². The molecule has 3 nitrogen and oxygen atoms in total. The van der Waals surface area contributed by atoms with Gasteiger partial charge in [0.05, 0.1) is 29.9 Å². The zero-order valence-electron chi connectivity index (χ0n) is 17.2. The Morgan fingerprint density at radius 3 is 2.10 bits per heavy atom. The first-order chi connectivity index (χ1) is 14.4. The third-order valence-electron chi connectivity index (χ3n) is 5.33. The van der Waals surface area contributed by atoms with Crippen LogP contribution in [-0.2, 0) is 21.8 Å². The van der Waals surface area contributed by atoms with Crippen LogP contribution in [0.2, 0.25) is 0 Å². The van der Waals surface area contributed by atoms with Crippen LogP contribution in [0.25, 0.3) is 0 Å². The van der Waals surface area contributed by atoms with Gasteiger partial charge in [-0.1, -0.05) is 18.2 Å². The molecule has 0 spiro atoms. The first kappa shape index (κ1) is 23.6. The molecule has 0 amide bonds. The van der Waals surface area contributed by atoms with E-state index in [0.29, 0.717) is 25.3 Å². The Balaban J connectivity index is 1.89. The van der Waals surface area contributed by atoms with Crippen molar-refractivity contribution in [1.29, 1.82) is 0 Å². The molecule has 1 saturated heterocycles. The van der Waals surface area contributed by atoms with Gasteiger partial charge in [0.2, 0.25) is 0 Å². The molecule has 0 aliphatic carbocycles. The molecule has 9 heteroatoms.